The molecule has 116 valence electrons. The van der Waals surface area contributed by atoms with Gasteiger partial charge in [0.05, 0.1) is 12.2 Å². The van der Waals surface area contributed by atoms with Crippen LogP contribution in [0.4, 0.5) is 0 Å². The van der Waals surface area contributed by atoms with Crippen molar-refractivity contribution < 1.29 is 13.9 Å². The normalized spacial score (nSPS) is 15.7. The van der Waals surface area contributed by atoms with Gasteiger partial charge in [-0.2, -0.15) is 11.8 Å². The predicted molar refractivity (Wildman–Crippen MR) is 84.8 cm³/mol. The topological polar surface area (TPSA) is 65.2 Å². The van der Waals surface area contributed by atoms with Gasteiger partial charge >= 0.3 is 5.97 Å². The van der Waals surface area contributed by atoms with Crippen LogP contribution in [0.1, 0.15) is 29.1 Å². The van der Waals surface area contributed by atoms with Gasteiger partial charge in [-0.25, -0.2) is 4.79 Å². The molecule has 6 heteroatoms. The average Bonchev–Trinajstić information content (AvgIpc) is 3.00. The highest BCUT2D eigenvalue weighted by atomic mass is 32.2. The van der Waals surface area contributed by atoms with E-state index in [2.05, 4.69) is 10.2 Å². The summed E-state index contributed by atoms with van der Waals surface area (Å²) in [5.41, 5.74) is 1.24. The van der Waals surface area contributed by atoms with Crippen molar-refractivity contribution in [1.82, 2.24) is 10.2 Å². The zero-order valence-corrected chi connectivity index (χ0v) is 13.3. The van der Waals surface area contributed by atoms with E-state index in [1.807, 2.05) is 17.8 Å². The van der Waals surface area contributed by atoms with Crippen molar-refractivity contribution in [3.63, 3.8) is 0 Å². The van der Waals surface area contributed by atoms with E-state index in [0.29, 0.717) is 29.9 Å². The number of thioether (sulfide) groups is 1. The van der Waals surface area contributed by atoms with Crippen molar-refractivity contribution in [3.8, 4) is 11.5 Å². The van der Waals surface area contributed by atoms with E-state index in [4.69, 9.17) is 9.15 Å². The van der Waals surface area contributed by atoms with E-state index in [1.54, 1.807) is 25.1 Å². The highest BCUT2D eigenvalue weighted by molar-refractivity contribution is 7.99. The van der Waals surface area contributed by atoms with E-state index in [-0.39, 0.29) is 5.97 Å². The fraction of sp³-hybridized carbons (Fsp3) is 0.438. The lowest BCUT2D eigenvalue weighted by atomic mass is 10.0. The molecule has 0 aliphatic carbocycles. The molecule has 0 spiro atoms. The summed E-state index contributed by atoms with van der Waals surface area (Å²) < 4.78 is 10.8. The lowest BCUT2D eigenvalue weighted by molar-refractivity contribution is 0.0433. The second-order valence-corrected chi connectivity index (χ2v) is 6.59. The quantitative estimate of drug-likeness (QED) is 0.806. The third-order valence-electron chi connectivity index (χ3n) is 3.66. The monoisotopic (exact) mass is 318 g/mol. The lowest BCUT2D eigenvalue weighted by Crippen LogP contribution is -2.18. The third-order valence-corrected chi connectivity index (χ3v) is 4.71. The van der Waals surface area contributed by atoms with Crippen molar-refractivity contribution in [2.24, 2.45) is 5.92 Å². The summed E-state index contributed by atoms with van der Waals surface area (Å²) in [6, 6.07) is 7.10. The summed E-state index contributed by atoms with van der Waals surface area (Å²) in [5, 5.41) is 7.77. The van der Waals surface area contributed by atoms with Gasteiger partial charge < -0.3 is 9.15 Å². The number of esters is 1. The van der Waals surface area contributed by atoms with Crippen molar-refractivity contribution in [1.29, 1.82) is 0 Å². The Morgan fingerprint density at radius 1 is 1.36 bits per heavy atom. The van der Waals surface area contributed by atoms with Crippen LogP contribution in [0.25, 0.3) is 11.5 Å². The SMILES string of the molecule is Cc1nnc(-c2cccc(C(=O)OCC3CCSCC3)c2)o1. The van der Waals surface area contributed by atoms with E-state index in [0.717, 1.165) is 29.9 Å². The minimum atomic E-state index is -0.295. The largest absolute Gasteiger partial charge is 0.462 e. The highest BCUT2D eigenvalue weighted by Gasteiger charge is 2.17. The molecule has 5 nitrogen and oxygen atoms in total. The molecule has 0 N–H and O–H groups in total. The highest BCUT2D eigenvalue weighted by Crippen LogP contribution is 2.23. The third kappa shape index (κ3) is 3.68. The first-order valence-electron chi connectivity index (χ1n) is 7.38. The molecule has 0 amide bonds. The molecule has 0 radical (unpaired) electrons. The average molecular weight is 318 g/mol. The Kier molecular flexibility index (Phi) is 4.77. The Morgan fingerprint density at radius 3 is 2.91 bits per heavy atom. The van der Waals surface area contributed by atoms with E-state index in [9.17, 15) is 4.79 Å². The molecule has 1 aliphatic rings. The van der Waals surface area contributed by atoms with Gasteiger partial charge in [0, 0.05) is 12.5 Å². The molecular weight excluding hydrogens is 300 g/mol. The molecule has 3 rings (SSSR count). The molecule has 0 saturated carbocycles. The van der Waals surface area contributed by atoms with Crippen LogP contribution in [0.3, 0.4) is 0 Å². The number of hydrogen-bond donors (Lipinski definition) is 0. The minimum Gasteiger partial charge on any atom is -0.462 e. The molecule has 1 fully saturated rings. The predicted octanol–water partition coefficient (Wildman–Crippen LogP) is 3.35. The van der Waals surface area contributed by atoms with Crippen LogP contribution in [-0.4, -0.2) is 34.3 Å². The van der Waals surface area contributed by atoms with Crippen LogP contribution < -0.4 is 0 Å². The molecule has 2 aromatic rings. The van der Waals surface area contributed by atoms with Gasteiger partial charge in [0.15, 0.2) is 0 Å². The van der Waals surface area contributed by atoms with Gasteiger partial charge in [0.2, 0.25) is 11.8 Å². The van der Waals surface area contributed by atoms with Crippen LogP contribution in [0, 0.1) is 12.8 Å². The number of rotatable bonds is 4. The Morgan fingerprint density at radius 2 is 2.18 bits per heavy atom. The van der Waals surface area contributed by atoms with E-state index in [1.165, 1.54) is 0 Å². The van der Waals surface area contributed by atoms with Gasteiger partial charge in [-0.3, -0.25) is 0 Å². The van der Waals surface area contributed by atoms with Crippen LogP contribution in [0.5, 0.6) is 0 Å². The summed E-state index contributed by atoms with van der Waals surface area (Å²) in [4.78, 5) is 12.2. The molecule has 0 bridgehead atoms. The Hall–Kier alpha value is -1.82. The molecule has 0 unspecified atom stereocenters. The Labute approximate surface area is 133 Å². The minimum absolute atomic E-state index is 0.295. The van der Waals surface area contributed by atoms with Gasteiger partial charge in [0.1, 0.15) is 0 Å². The molecule has 0 atom stereocenters. The Bertz CT molecular complexity index is 650. The summed E-state index contributed by atoms with van der Waals surface area (Å²) in [6.45, 7) is 2.24. The maximum Gasteiger partial charge on any atom is 0.338 e. The molecule has 1 aromatic heterocycles. The van der Waals surface area contributed by atoms with Gasteiger partial charge in [-0.15, -0.1) is 10.2 Å². The number of nitrogens with zero attached hydrogens (tertiary/aromatic N) is 2. The Balaban J connectivity index is 1.65. The second-order valence-electron chi connectivity index (χ2n) is 5.36. The molecule has 1 saturated heterocycles. The van der Waals surface area contributed by atoms with Crippen molar-refractivity contribution in [2.45, 2.75) is 19.8 Å². The summed E-state index contributed by atoms with van der Waals surface area (Å²) in [7, 11) is 0. The first-order chi connectivity index (χ1) is 10.7. The molecule has 22 heavy (non-hydrogen) atoms. The smallest absolute Gasteiger partial charge is 0.338 e. The van der Waals surface area contributed by atoms with Crippen molar-refractivity contribution >= 4 is 17.7 Å². The van der Waals surface area contributed by atoms with Crippen LogP contribution >= 0.6 is 11.8 Å². The first kappa shape index (κ1) is 15.1. The number of hydrogen-bond acceptors (Lipinski definition) is 6. The van der Waals surface area contributed by atoms with Crippen LogP contribution in [-0.2, 0) is 4.74 Å². The first-order valence-corrected chi connectivity index (χ1v) is 8.53. The van der Waals surface area contributed by atoms with E-state index < -0.39 is 0 Å². The van der Waals surface area contributed by atoms with Gasteiger partial charge in [0.25, 0.3) is 0 Å². The zero-order valence-electron chi connectivity index (χ0n) is 12.4. The fourth-order valence-electron chi connectivity index (χ4n) is 2.38. The second kappa shape index (κ2) is 6.96. The maximum atomic E-state index is 12.2. The van der Waals surface area contributed by atoms with Crippen molar-refractivity contribution in [3.05, 3.63) is 35.7 Å². The molecule has 1 aromatic carbocycles. The standard InChI is InChI=1S/C16H18N2O3S/c1-11-17-18-15(21-11)13-3-2-4-14(9-13)16(19)20-10-12-5-7-22-8-6-12/h2-4,9,12H,5-8,10H2,1H3. The molecular formula is C16H18N2O3S. The van der Waals surface area contributed by atoms with Gasteiger partial charge in [-0.05, 0) is 48.5 Å². The van der Waals surface area contributed by atoms with Crippen LogP contribution in [0.15, 0.2) is 28.7 Å². The number of carbonyl (C=O) groups excluding carboxylic acids is 1. The number of benzene rings is 1. The molecule has 2 heterocycles. The number of ether oxygens (including phenoxy) is 1. The maximum absolute atomic E-state index is 12.2. The number of aryl methyl sites for hydroxylation is 1. The fourth-order valence-corrected chi connectivity index (χ4v) is 3.59. The number of carbonyl (C=O) groups is 1. The van der Waals surface area contributed by atoms with Gasteiger partial charge in [-0.1, -0.05) is 6.07 Å². The summed E-state index contributed by atoms with van der Waals surface area (Å²) >= 11 is 1.97. The zero-order chi connectivity index (χ0) is 15.4. The molecule has 1 aliphatic heterocycles. The summed E-state index contributed by atoms with van der Waals surface area (Å²) in [5.74, 6) is 3.43. The van der Waals surface area contributed by atoms with Crippen LogP contribution in [0.2, 0.25) is 0 Å². The lowest BCUT2D eigenvalue weighted by Gasteiger charge is -2.20. The van der Waals surface area contributed by atoms with Crippen molar-refractivity contribution in [2.75, 3.05) is 18.1 Å². The van der Waals surface area contributed by atoms with E-state index >= 15 is 0 Å². The summed E-state index contributed by atoms with van der Waals surface area (Å²) in [6.07, 6.45) is 2.25. The number of aromatic nitrogens is 2.